The van der Waals surface area contributed by atoms with E-state index in [1.807, 2.05) is 66.7 Å². The molecule has 1 atom stereocenters. The van der Waals surface area contributed by atoms with Crippen LogP contribution in [0.3, 0.4) is 0 Å². The maximum atomic E-state index is 9.14. The van der Waals surface area contributed by atoms with Crippen molar-refractivity contribution < 1.29 is 5.11 Å². The third kappa shape index (κ3) is 3.27. The third-order valence-electron chi connectivity index (χ3n) is 2.70. The van der Waals surface area contributed by atoms with Crippen LogP contribution in [0.2, 0.25) is 0 Å². The molecule has 2 aromatic carbocycles. The molecule has 3 nitrogen and oxygen atoms in total. The molecule has 94 valence electrons. The van der Waals surface area contributed by atoms with Crippen molar-refractivity contribution in [1.29, 1.82) is 5.26 Å². The monoisotopic (exact) mass is 250 g/mol. The van der Waals surface area contributed by atoms with Crippen LogP contribution in [0.1, 0.15) is 11.1 Å². The summed E-state index contributed by atoms with van der Waals surface area (Å²) in [5.41, 5.74) is 2.59. The Kier molecular flexibility index (Phi) is 4.44. The van der Waals surface area contributed by atoms with Gasteiger partial charge in [0.05, 0.1) is 18.4 Å². The molecule has 0 bridgehead atoms. The lowest BCUT2D eigenvalue weighted by molar-refractivity contribution is 0.287. The van der Waals surface area contributed by atoms with E-state index in [4.69, 9.17) is 10.4 Å². The minimum Gasteiger partial charge on any atom is -0.393 e. The summed E-state index contributed by atoms with van der Waals surface area (Å²) in [4.78, 5) is 4.36. The van der Waals surface area contributed by atoms with Crippen molar-refractivity contribution in [2.75, 3.05) is 6.61 Å². The van der Waals surface area contributed by atoms with Crippen molar-refractivity contribution in [1.82, 2.24) is 0 Å². The first-order valence-corrected chi connectivity index (χ1v) is 6.04. The van der Waals surface area contributed by atoms with Crippen LogP contribution in [0.25, 0.3) is 0 Å². The zero-order valence-corrected chi connectivity index (χ0v) is 10.4. The number of nitriles is 1. The average Bonchev–Trinajstić information content (AvgIpc) is 2.50. The van der Waals surface area contributed by atoms with Crippen LogP contribution in [0.4, 0.5) is 0 Å². The van der Waals surface area contributed by atoms with Crippen molar-refractivity contribution in [3.05, 3.63) is 71.8 Å². The molecule has 2 aromatic rings. The van der Waals surface area contributed by atoms with Gasteiger partial charge in [-0.3, -0.25) is 4.99 Å². The Labute approximate surface area is 112 Å². The van der Waals surface area contributed by atoms with Crippen molar-refractivity contribution in [2.24, 2.45) is 4.99 Å². The highest BCUT2D eigenvalue weighted by Crippen LogP contribution is 2.12. The molecule has 0 amide bonds. The zero-order chi connectivity index (χ0) is 13.5. The van der Waals surface area contributed by atoms with Crippen molar-refractivity contribution >= 4 is 5.71 Å². The first kappa shape index (κ1) is 13.0. The van der Waals surface area contributed by atoms with E-state index in [1.54, 1.807) is 0 Å². The second kappa shape index (κ2) is 6.48. The number of aliphatic imine (C=N–C) groups is 1. The van der Waals surface area contributed by atoms with E-state index in [9.17, 15) is 0 Å². The number of aliphatic hydroxyl groups excluding tert-OH is 1. The fourth-order valence-corrected chi connectivity index (χ4v) is 1.77. The van der Waals surface area contributed by atoms with Gasteiger partial charge in [-0.05, 0) is 0 Å². The summed E-state index contributed by atoms with van der Waals surface area (Å²) < 4.78 is 0. The van der Waals surface area contributed by atoms with Crippen LogP contribution in [0.5, 0.6) is 0 Å². The number of hydrogen-bond donors (Lipinski definition) is 1. The Hall–Kier alpha value is -2.44. The average molecular weight is 250 g/mol. The van der Waals surface area contributed by atoms with E-state index in [0.29, 0.717) is 0 Å². The lowest BCUT2D eigenvalue weighted by Gasteiger charge is -2.09. The smallest absolute Gasteiger partial charge is 0.160 e. The number of hydrogen-bond acceptors (Lipinski definition) is 3. The second-order valence-electron chi connectivity index (χ2n) is 4.04. The van der Waals surface area contributed by atoms with Gasteiger partial charge >= 0.3 is 0 Å². The molecule has 0 heterocycles. The van der Waals surface area contributed by atoms with E-state index in [0.717, 1.165) is 16.8 Å². The van der Waals surface area contributed by atoms with Gasteiger partial charge in [0.25, 0.3) is 0 Å². The SMILES string of the molecule is N#CC(CO)N=C(c1ccccc1)c1ccccc1. The Bertz CT molecular complexity index is 544. The van der Waals surface area contributed by atoms with E-state index in [1.165, 1.54) is 0 Å². The van der Waals surface area contributed by atoms with E-state index in [-0.39, 0.29) is 6.61 Å². The Morgan fingerprint density at radius 3 is 1.84 bits per heavy atom. The van der Waals surface area contributed by atoms with Gasteiger partial charge in [0.15, 0.2) is 6.04 Å². The van der Waals surface area contributed by atoms with Crippen molar-refractivity contribution in [3.8, 4) is 6.07 Å². The summed E-state index contributed by atoms with van der Waals surface area (Å²) >= 11 is 0. The molecule has 2 rings (SSSR count). The molecule has 3 heteroatoms. The summed E-state index contributed by atoms with van der Waals surface area (Å²) in [6.07, 6.45) is 0. The molecule has 0 fully saturated rings. The number of benzene rings is 2. The lowest BCUT2D eigenvalue weighted by Crippen LogP contribution is -2.13. The second-order valence-corrected chi connectivity index (χ2v) is 4.04. The van der Waals surface area contributed by atoms with Crippen LogP contribution in [-0.4, -0.2) is 23.5 Å². The Morgan fingerprint density at radius 2 is 1.47 bits per heavy atom. The zero-order valence-electron chi connectivity index (χ0n) is 10.4. The van der Waals surface area contributed by atoms with Gasteiger partial charge in [-0.25, -0.2) is 0 Å². The van der Waals surface area contributed by atoms with Crippen molar-refractivity contribution in [2.45, 2.75) is 6.04 Å². The van der Waals surface area contributed by atoms with Gasteiger partial charge in [0.1, 0.15) is 0 Å². The molecular weight excluding hydrogens is 236 g/mol. The van der Waals surface area contributed by atoms with Crippen LogP contribution >= 0.6 is 0 Å². The molecule has 19 heavy (non-hydrogen) atoms. The van der Waals surface area contributed by atoms with Gasteiger partial charge in [-0.15, -0.1) is 0 Å². The standard InChI is InChI=1S/C16H14N2O/c17-11-15(12-19)18-16(13-7-3-1-4-8-13)14-9-5-2-6-10-14/h1-10,15,19H,12H2. The Balaban J connectivity index is 2.49. The summed E-state index contributed by atoms with van der Waals surface area (Å²) in [6, 6.07) is 20.6. The fraction of sp³-hybridized carbons (Fsp3) is 0.125. The van der Waals surface area contributed by atoms with Crippen LogP contribution in [-0.2, 0) is 0 Å². The molecule has 0 saturated heterocycles. The molecule has 0 aliphatic carbocycles. The molecule has 1 N–H and O–H groups in total. The predicted octanol–water partition coefficient (Wildman–Crippen LogP) is 2.41. The summed E-state index contributed by atoms with van der Waals surface area (Å²) in [5, 5.41) is 18.1. The van der Waals surface area contributed by atoms with Gasteiger partial charge < -0.3 is 5.11 Å². The highest BCUT2D eigenvalue weighted by Gasteiger charge is 2.10. The molecule has 0 saturated carbocycles. The quantitative estimate of drug-likeness (QED) is 0.847. The van der Waals surface area contributed by atoms with E-state index >= 15 is 0 Å². The molecule has 0 aliphatic rings. The van der Waals surface area contributed by atoms with E-state index < -0.39 is 6.04 Å². The molecule has 1 unspecified atom stereocenters. The summed E-state index contributed by atoms with van der Waals surface area (Å²) in [5.74, 6) is 0. The van der Waals surface area contributed by atoms with Gasteiger partial charge in [-0.1, -0.05) is 60.7 Å². The van der Waals surface area contributed by atoms with Crippen LogP contribution < -0.4 is 0 Å². The molecular formula is C16H14N2O. The molecule has 0 radical (unpaired) electrons. The lowest BCUT2D eigenvalue weighted by atomic mass is 10.0. The number of rotatable bonds is 4. The topological polar surface area (TPSA) is 56.4 Å². The minimum absolute atomic E-state index is 0.278. The maximum absolute atomic E-state index is 9.14. The fourth-order valence-electron chi connectivity index (χ4n) is 1.77. The van der Waals surface area contributed by atoms with Gasteiger partial charge in [-0.2, -0.15) is 5.26 Å². The highest BCUT2D eigenvalue weighted by molar-refractivity contribution is 6.13. The molecule has 0 spiro atoms. The van der Waals surface area contributed by atoms with Gasteiger partial charge in [0, 0.05) is 11.1 Å². The number of nitrogens with zero attached hydrogens (tertiary/aromatic N) is 2. The predicted molar refractivity (Wildman–Crippen MR) is 75.0 cm³/mol. The van der Waals surface area contributed by atoms with Crippen molar-refractivity contribution in [3.63, 3.8) is 0 Å². The van der Waals surface area contributed by atoms with Crippen LogP contribution in [0.15, 0.2) is 65.7 Å². The Morgan fingerprint density at radius 1 is 1.00 bits per heavy atom. The van der Waals surface area contributed by atoms with E-state index in [2.05, 4.69) is 4.99 Å². The normalized spacial score (nSPS) is 11.4. The molecule has 0 aliphatic heterocycles. The first-order chi connectivity index (χ1) is 9.35. The van der Waals surface area contributed by atoms with Crippen LogP contribution in [0, 0.1) is 11.3 Å². The molecule has 0 aromatic heterocycles. The summed E-state index contributed by atoms with van der Waals surface area (Å²) in [6.45, 7) is -0.278. The largest absolute Gasteiger partial charge is 0.393 e. The maximum Gasteiger partial charge on any atom is 0.160 e. The minimum atomic E-state index is -0.740. The third-order valence-corrected chi connectivity index (χ3v) is 2.70. The van der Waals surface area contributed by atoms with Gasteiger partial charge in [0.2, 0.25) is 0 Å². The first-order valence-electron chi connectivity index (χ1n) is 6.04. The summed E-state index contributed by atoms with van der Waals surface area (Å²) in [7, 11) is 0. The highest BCUT2D eigenvalue weighted by atomic mass is 16.3. The number of aliphatic hydroxyl groups is 1.